The zero-order valence-corrected chi connectivity index (χ0v) is 12.7. The Morgan fingerprint density at radius 3 is 2.84 bits per heavy atom. The number of aryl methyl sites for hydroxylation is 2. The highest BCUT2D eigenvalue weighted by molar-refractivity contribution is 7.98. The lowest BCUT2D eigenvalue weighted by molar-refractivity contribution is -0.122. The Morgan fingerprint density at radius 2 is 2.21 bits per heavy atom. The topological polar surface area (TPSA) is 49.3 Å². The van der Waals surface area contributed by atoms with Gasteiger partial charge in [-0.25, -0.2) is 0 Å². The fraction of sp³-hybridized carbons (Fsp3) is 0.533. The average Bonchev–Trinajstić information content (AvgIpc) is 2.34. The summed E-state index contributed by atoms with van der Waals surface area (Å²) < 4.78 is 0. The monoisotopic (exact) mass is 281 g/mol. The molecule has 0 aliphatic carbocycles. The van der Waals surface area contributed by atoms with Crippen molar-refractivity contribution in [1.82, 2.24) is 5.32 Å². The molecule has 0 spiro atoms. The van der Waals surface area contributed by atoms with E-state index in [-0.39, 0.29) is 5.91 Å². The lowest BCUT2D eigenvalue weighted by atomic mass is 10.1. The van der Waals surface area contributed by atoms with Crippen LogP contribution in [0.4, 0.5) is 0 Å². The smallest absolute Gasteiger partial charge is 0.220 e. The Morgan fingerprint density at radius 1 is 1.47 bits per heavy atom. The van der Waals surface area contributed by atoms with Crippen molar-refractivity contribution in [2.75, 3.05) is 18.6 Å². The number of nitrogens with one attached hydrogen (secondary N) is 1. The molecular weight excluding hydrogens is 258 g/mol. The van der Waals surface area contributed by atoms with E-state index in [2.05, 4.69) is 11.4 Å². The second kappa shape index (κ2) is 7.56. The lowest BCUT2D eigenvalue weighted by Crippen LogP contribution is -2.42. The second-order valence-corrected chi connectivity index (χ2v) is 6.06. The van der Waals surface area contributed by atoms with Gasteiger partial charge in [0.25, 0.3) is 0 Å². The number of thioether (sulfide) groups is 1. The number of benzene rings is 1. The van der Waals surface area contributed by atoms with E-state index in [0.29, 0.717) is 18.7 Å². The molecule has 0 radical (unpaired) electrons. The van der Waals surface area contributed by atoms with Gasteiger partial charge in [0, 0.05) is 18.7 Å². The molecule has 0 aromatic heterocycles. The maximum atomic E-state index is 11.7. The maximum absolute atomic E-state index is 11.7. The fourth-order valence-electron chi connectivity index (χ4n) is 1.86. The van der Waals surface area contributed by atoms with Crippen molar-refractivity contribution in [3.05, 3.63) is 35.4 Å². The van der Waals surface area contributed by atoms with Crippen molar-refractivity contribution in [1.29, 1.82) is 0 Å². The number of hydrogen-bond donors (Lipinski definition) is 2. The molecule has 1 rings (SSSR count). The summed E-state index contributed by atoms with van der Waals surface area (Å²) in [6.07, 6.45) is 3.13. The Balaban J connectivity index is 2.32. The van der Waals surface area contributed by atoms with Gasteiger partial charge in [-0.3, -0.25) is 4.79 Å². The number of rotatable bonds is 7. The number of carbonyl (C=O) groups excluding carboxylic acids is 1. The fourth-order valence-corrected chi connectivity index (χ4v) is 2.59. The molecule has 19 heavy (non-hydrogen) atoms. The molecule has 0 saturated carbocycles. The molecule has 1 unspecified atom stereocenters. The van der Waals surface area contributed by atoms with Gasteiger partial charge in [-0.2, -0.15) is 11.8 Å². The van der Waals surface area contributed by atoms with Crippen molar-refractivity contribution < 1.29 is 9.90 Å². The van der Waals surface area contributed by atoms with Gasteiger partial charge < -0.3 is 10.4 Å². The molecule has 3 nitrogen and oxygen atoms in total. The number of amides is 1. The number of carbonyl (C=O) groups is 1. The van der Waals surface area contributed by atoms with Gasteiger partial charge in [0.15, 0.2) is 0 Å². The standard InChI is InChI=1S/C15H23NO2S/c1-12-5-4-6-13(9-12)7-8-14(17)16-10-15(2,18)11-19-3/h4-6,9,18H,7-8,10-11H2,1-3H3,(H,16,17). The minimum Gasteiger partial charge on any atom is -0.387 e. The van der Waals surface area contributed by atoms with Crippen molar-refractivity contribution in [3.8, 4) is 0 Å². The Bertz CT molecular complexity index is 418. The summed E-state index contributed by atoms with van der Waals surface area (Å²) in [5, 5.41) is 12.7. The first-order valence-corrected chi connectivity index (χ1v) is 7.86. The highest BCUT2D eigenvalue weighted by Gasteiger charge is 2.20. The van der Waals surface area contributed by atoms with Crippen LogP contribution in [0, 0.1) is 6.92 Å². The highest BCUT2D eigenvalue weighted by Crippen LogP contribution is 2.10. The molecule has 1 aromatic rings. The second-order valence-electron chi connectivity index (χ2n) is 5.20. The summed E-state index contributed by atoms with van der Waals surface area (Å²) in [5.41, 5.74) is 1.55. The highest BCUT2D eigenvalue weighted by atomic mass is 32.2. The molecule has 4 heteroatoms. The molecule has 0 heterocycles. The SMILES string of the molecule is CSCC(C)(O)CNC(=O)CCc1cccc(C)c1. The van der Waals surface area contributed by atoms with Crippen molar-refractivity contribution in [2.45, 2.75) is 32.3 Å². The van der Waals surface area contributed by atoms with Gasteiger partial charge in [-0.1, -0.05) is 29.8 Å². The van der Waals surface area contributed by atoms with Crippen LogP contribution < -0.4 is 5.32 Å². The van der Waals surface area contributed by atoms with Crippen LogP contribution in [0.25, 0.3) is 0 Å². The quantitative estimate of drug-likeness (QED) is 0.805. The van der Waals surface area contributed by atoms with Gasteiger partial charge in [0.1, 0.15) is 0 Å². The Labute approximate surface area is 119 Å². The summed E-state index contributed by atoms with van der Waals surface area (Å²) in [7, 11) is 0. The third kappa shape index (κ3) is 6.64. The normalized spacial score (nSPS) is 13.9. The molecule has 0 aliphatic rings. The van der Waals surface area contributed by atoms with Crippen LogP contribution in [-0.4, -0.2) is 35.2 Å². The van der Waals surface area contributed by atoms with Crippen LogP contribution in [-0.2, 0) is 11.2 Å². The molecule has 0 bridgehead atoms. The van der Waals surface area contributed by atoms with Crippen molar-refractivity contribution in [3.63, 3.8) is 0 Å². The minimum atomic E-state index is -0.835. The molecule has 2 N–H and O–H groups in total. The van der Waals surface area contributed by atoms with Crippen molar-refractivity contribution in [2.24, 2.45) is 0 Å². The van der Waals surface area contributed by atoms with Gasteiger partial charge >= 0.3 is 0 Å². The van der Waals surface area contributed by atoms with E-state index in [4.69, 9.17) is 0 Å². The first-order valence-electron chi connectivity index (χ1n) is 6.46. The van der Waals surface area contributed by atoms with Gasteiger partial charge in [-0.05, 0) is 32.1 Å². The van der Waals surface area contributed by atoms with Crippen LogP contribution in [0.5, 0.6) is 0 Å². The van der Waals surface area contributed by atoms with Gasteiger partial charge in [0.05, 0.1) is 5.60 Å². The Hall–Kier alpha value is -1.00. The Kier molecular flexibility index (Phi) is 6.38. The van der Waals surface area contributed by atoms with Gasteiger partial charge in [-0.15, -0.1) is 0 Å². The van der Waals surface area contributed by atoms with Crippen LogP contribution in [0.15, 0.2) is 24.3 Å². The van der Waals surface area contributed by atoms with E-state index in [1.165, 1.54) is 11.1 Å². The zero-order valence-electron chi connectivity index (χ0n) is 11.9. The molecule has 1 atom stereocenters. The van der Waals surface area contributed by atoms with Crippen LogP contribution >= 0.6 is 11.8 Å². The lowest BCUT2D eigenvalue weighted by Gasteiger charge is -2.22. The molecule has 1 amide bonds. The molecule has 0 fully saturated rings. The van der Waals surface area contributed by atoms with Gasteiger partial charge in [0.2, 0.25) is 5.91 Å². The van der Waals surface area contributed by atoms with Crippen LogP contribution in [0.3, 0.4) is 0 Å². The minimum absolute atomic E-state index is 0.0112. The van der Waals surface area contributed by atoms with E-state index < -0.39 is 5.60 Å². The predicted octanol–water partition coefficient (Wildman–Crippen LogP) is 2.16. The first-order chi connectivity index (χ1) is 8.93. The molecule has 0 saturated heterocycles. The predicted molar refractivity (Wildman–Crippen MR) is 81.5 cm³/mol. The van der Waals surface area contributed by atoms with Crippen LogP contribution in [0.1, 0.15) is 24.5 Å². The summed E-state index contributed by atoms with van der Waals surface area (Å²) in [6.45, 7) is 4.09. The van der Waals surface area contributed by atoms with E-state index in [9.17, 15) is 9.90 Å². The zero-order chi connectivity index (χ0) is 14.3. The average molecular weight is 281 g/mol. The third-order valence-electron chi connectivity index (χ3n) is 2.84. The molecule has 0 aliphatic heterocycles. The molecule has 1 aromatic carbocycles. The van der Waals surface area contributed by atoms with E-state index in [0.717, 1.165) is 6.42 Å². The molecule has 106 valence electrons. The third-order valence-corrected chi connectivity index (χ3v) is 3.76. The summed E-state index contributed by atoms with van der Waals surface area (Å²) in [6, 6.07) is 8.18. The number of aliphatic hydroxyl groups is 1. The molecular formula is C15H23NO2S. The van der Waals surface area contributed by atoms with E-state index in [1.54, 1.807) is 18.7 Å². The first kappa shape index (κ1) is 16.1. The largest absolute Gasteiger partial charge is 0.387 e. The van der Waals surface area contributed by atoms with E-state index in [1.807, 2.05) is 31.4 Å². The van der Waals surface area contributed by atoms with Crippen LogP contribution in [0.2, 0.25) is 0 Å². The van der Waals surface area contributed by atoms with Crippen molar-refractivity contribution >= 4 is 17.7 Å². The summed E-state index contributed by atoms with van der Waals surface area (Å²) >= 11 is 1.57. The van der Waals surface area contributed by atoms with E-state index >= 15 is 0 Å². The summed E-state index contributed by atoms with van der Waals surface area (Å²) in [4.78, 5) is 11.7. The summed E-state index contributed by atoms with van der Waals surface area (Å²) in [5.74, 6) is 0.605. The maximum Gasteiger partial charge on any atom is 0.220 e. The number of hydrogen-bond acceptors (Lipinski definition) is 3.